The van der Waals surface area contributed by atoms with E-state index in [-0.39, 0.29) is 10.9 Å². The van der Waals surface area contributed by atoms with Crippen molar-refractivity contribution in [3.63, 3.8) is 0 Å². The van der Waals surface area contributed by atoms with Crippen LogP contribution in [0.5, 0.6) is 0 Å². The molecule has 2 aromatic rings. The van der Waals surface area contributed by atoms with E-state index in [0.29, 0.717) is 24.8 Å². The van der Waals surface area contributed by atoms with E-state index in [0.717, 1.165) is 11.1 Å². The summed E-state index contributed by atoms with van der Waals surface area (Å²) in [4.78, 5) is 0.206. The van der Waals surface area contributed by atoms with Crippen molar-refractivity contribution >= 4 is 21.7 Å². The van der Waals surface area contributed by atoms with Crippen molar-refractivity contribution < 1.29 is 13.2 Å². The van der Waals surface area contributed by atoms with Gasteiger partial charge in [0.25, 0.3) is 10.0 Å². The van der Waals surface area contributed by atoms with E-state index in [1.807, 2.05) is 18.2 Å². The fourth-order valence-corrected chi connectivity index (χ4v) is 4.37. The van der Waals surface area contributed by atoms with Crippen LogP contribution in [-0.4, -0.2) is 34.6 Å². The molecule has 7 heteroatoms. The summed E-state index contributed by atoms with van der Waals surface area (Å²) in [5.74, 6) is 0.793. The molecule has 1 aliphatic heterocycles. The van der Waals surface area contributed by atoms with Gasteiger partial charge in [0.1, 0.15) is 4.90 Å². The van der Waals surface area contributed by atoms with E-state index in [4.69, 9.17) is 4.74 Å². The van der Waals surface area contributed by atoms with Crippen molar-refractivity contribution in [2.45, 2.75) is 23.7 Å². The average molecular weight is 371 g/mol. The molecule has 6 nitrogen and oxygen atoms in total. The van der Waals surface area contributed by atoms with Crippen molar-refractivity contribution in [2.75, 3.05) is 25.6 Å². The zero-order valence-corrected chi connectivity index (χ0v) is 15.3. The molecular weight excluding hydrogens is 350 g/mol. The molecule has 2 aromatic carbocycles. The Morgan fingerprint density at radius 2 is 1.92 bits per heavy atom. The molecule has 0 aromatic heterocycles. The van der Waals surface area contributed by atoms with Crippen LogP contribution in [0.4, 0.5) is 5.69 Å². The third-order valence-corrected chi connectivity index (χ3v) is 5.94. The minimum Gasteiger partial charge on any atom is -0.383 e. The van der Waals surface area contributed by atoms with Crippen LogP contribution in [0.1, 0.15) is 24.3 Å². The summed E-state index contributed by atoms with van der Waals surface area (Å²) in [7, 11) is -2.16. The number of ether oxygens (including phenoxy) is 1. The van der Waals surface area contributed by atoms with Crippen molar-refractivity contribution in [3.05, 3.63) is 48.0 Å². The largest absolute Gasteiger partial charge is 0.383 e. The lowest BCUT2D eigenvalue weighted by Gasteiger charge is -2.22. The Kier molecular flexibility index (Phi) is 4.42. The van der Waals surface area contributed by atoms with Crippen LogP contribution in [0, 0.1) is 0 Å². The molecule has 0 unspecified atom stereocenters. The molecular formula is C19H21N3O3S. The third kappa shape index (κ3) is 3.20. The number of guanidine groups is 1. The molecule has 1 heterocycles. The van der Waals surface area contributed by atoms with Gasteiger partial charge in [-0.25, -0.2) is 0 Å². The van der Waals surface area contributed by atoms with Gasteiger partial charge in [0.2, 0.25) is 5.96 Å². The summed E-state index contributed by atoms with van der Waals surface area (Å²) in [5.41, 5.74) is 3.81. The van der Waals surface area contributed by atoms with E-state index >= 15 is 0 Å². The van der Waals surface area contributed by atoms with Crippen molar-refractivity contribution in [1.29, 1.82) is 0 Å². The zero-order valence-electron chi connectivity index (χ0n) is 14.5. The first kappa shape index (κ1) is 17.1. The average Bonchev–Trinajstić information content (AvgIpc) is 3.46. The molecule has 2 aliphatic rings. The van der Waals surface area contributed by atoms with Crippen molar-refractivity contribution in [2.24, 2.45) is 4.40 Å². The molecule has 136 valence electrons. The molecule has 0 bridgehead atoms. The molecule has 4 rings (SSSR count). The third-order valence-electron chi connectivity index (χ3n) is 4.63. The van der Waals surface area contributed by atoms with Crippen LogP contribution in [0.15, 0.2) is 51.8 Å². The summed E-state index contributed by atoms with van der Waals surface area (Å²) < 4.78 is 34.1. The van der Waals surface area contributed by atoms with Gasteiger partial charge >= 0.3 is 0 Å². The van der Waals surface area contributed by atoms with Gasteiger partial charge in [0.15, 0.2) is 0 Å². The Bertz CT molecular complexity index is 966. The first-order valence-electron chi connectivity index (χ1n) is 8.67. The van der Waals surface area contributed by atoms with E-state index in [9.17, 15) is 8.42 Å². The number of nitrogens with one attached hydrogen (secondary N) is 2. The number of nitrogens with zero attached hydrogens (tertiary/aromatic N) is 1. The predicted molar refractivity (Wildman–Crippen MR) is 102 cm³/mol. The van der Waals surface area contributed by atoms with Crippen molar-refractivity contribution in [1.82, 2.24) is 5.32 Å². The molecule has 26 heavy (non-hydrogen) atoms. The maximum absolute atomic E-state index is 12.6. The van der Waals surface area contributed by atoms with Gasteiger partial charge in [-0.1, -0.05) is 36.4 Å². The quantitative estimate of drug-likeness (QED) is 0.790. The minimum absolute atomic E-state index is 0.206. The van der Waals surface area contributed by atoms with E-state index in [1.165, 1.54) is 18.4 Å². The molecule has 1 aliphatic carbocycles. The first-order chi connectivity index (χ1) is 12.6. The molecule has 1 fully saturated rings. The van der Waals surface area contributed by atoms with E-state index in [2.05, 4.69) is 27.2 Å². The SMILES string of the molecule is COCCNC1=NS(=O)(=O)c2cccc(-c3ccccc3C3CC3)c2N1. The molecule has 0 amide bonds. The van der Waals surface area contributed by atoms with Crippen LogP contribution in [-0.2, 0) is 14.8 Å². The second-order valence-corrected chi connectivity index (χ2v) is 8.07. The first-order valence-corrected chi connectivity index (χ1v) is 10.1. The number of para-hydroxylation sites is 1. The lowest BCUT2D eigenvalue weighted by atomic mass is 9.95. The Morgan fingerprint density at radius 3 is 2.69 bits per heavy atom. The maximum atomic E-state index is 12.6. The Balaban J connectivity index is 1.78. The standard InChI is InChI=1S/C19H21N3O3S/c1-25-12-11-20-19-21-18-16(7-4-8-17(18)26(23,24)22-19)15-6-3-2-5-14(15)13-9-10-13/h2-8,13H,9-12H2,1H3,(H2,20,21,22). The number of hydrogen-bond donors (Lipinski definition) is 2. The summed E-state index contributed by atoms with van der Waals surface area (Å²) in [6.07, 6.45) is 2.37. The highest BCUT2D eigenvalue weighted by Crippen LogP contribution is 2.46. The topological polar surface area (TPSA) is 79.8 Å². The summed E-state index contributed by atoms with van der Waals surface area (Å²) in [6, 6.07) is 13.5. The molecule has 1 saturated carbocycles. The lowest BCUT2D eigenvalue weighted by Crippen LogP contribution is -2.36. The molecule has 0 atom stereocenters. The predicted octanol–water partition coefficient (Wildman–Crippen LogP) is 2.94. The summed E-state index contributed by atoms with van der Waals surface area (Å²) in [5, 5.41) is 6.15. The van der Waals surface area contributed by atoms with Gasteiger partial charge in [-0.15, -0.1) is 4.40 Å². The van der Waals surface area contributed by atoms with E-state index in [1.54, 1.807) is 19.2 Å². The number of sulfonamides is 1. The maximum Gasteiger partial charge on any atom is 0.287 e. The monoisotopic (exact) mass is 371 g/mol. The number of hydrogen-bond acceptors (Lipinski definition) is 5. The minimum atomic E-state index is -3.75. The highest BCUT2D eigenvalue weighted by Gasteiger charge is 2.30. The Hall–Kier alpha value is -2.38. The summed E-state index contributed by atoms with van der Waals surface area (Å²) >= 11 is 0. The van der Waals surface area contributed by atoms with Gasteiger partial charge in [0, 0.05) is 19.2 Å². The normalized spacial score (nSPS) is 17.8. The number of benzene rings is 2. The molecule has 2 N–H and O–H groups in total. The molecule has 0 saturated heterocycles. The van der Waals surface area contributed by atoms with Crippen LogP contribution in [0.25, 0.3) is 11.1 Å². The number of anilines is 1. The van der Waals surface area contributed by atoms with Gasteiger partial charge in [-0.05, 0) is 36.0 Å². The molecule has 0 radical (unpaired) electrons. The Morgan fingerprint density at radius 1 is 1.15 bits per heavy atom. The van der Waals surface area contributed by atoms with Crippen LogP contribution in [0.3, 0.4) is 0 Å². The number of fused-ring (bicyclic) bond motifs is 1. The van der Waals surface area contributed by atoms with Gasteiger partial charge < -0.3 is 15.4 Å². The van der Waals surface area contributed by atoms with Gasteiger partial charge in [0.05, 0.1) is 12.3 Å². The Labute approximate surface area is 153 Å². The van der Waals surface area contributed by atoms with Crippen LogP contribution in [0.2, 0.25) is 0 Å². The highest BCUT2D eigenvalue weighted by molar-refractivity contribution is 7.90. The molecule has 0 spiro atoms. The van der Waals surface area contributed by atoms with Gasteiger partial charge in [-0.2, -0.15) is 8.42 Å². The van der Waals surface area contributed by atoms with E-state index < -0.39 is 10.0 Å². The lowest BCUT2D eigenvalue weighted by molar-refractivity contribution is 0.204. The van der Waals surface area contributed by atoms with Crippen LogP contribution >= 0.6 is 0 Å². The van der Waals surface area contributed by atoms with Gasteiger partial charge in [-0.3, -0.25) is 0 Å². The summed E-state index contributed by atoms with van der Waals surface area (Å²) in [6.45, 7) is 0.924. The van der Waals surface area contributed by atoms with Crippen molar-refractivity contribution in [3.8, 4) is 11.1 Å². The fourth-order valence-electron chi connectivity index (χ4n) is 3.25. The van der Waals surface area contributed by atoms with Crippen LogP contribution < -0.4 is 10.6 Å². The second kappa shape index (κ2) is 6.74. The highest BCUT2D eigenvalue weighted by atomic mass is 32.2. The number of methoxy groups -OCH3 is 1. The smallest absolute Gasteiger partial charge is 0.287 e. The number of rotatable bonds is 5. The second-order valence-electron chi connectivity index (χ2n) is 6.50. The zero-order chi connectivity index (χ0) is 18.1. The fraction of sp³-hybridized carbons (Fsp3) is 0.316.